The number of hydrogen-bond acceptors (Lipinski definition) is 3. The molecule has 0 aromatic heterocycles. The lowest BCUT2D eigenvalue weighted by Crippen LogP contribution is -2.14. The molecule has 0 fully saturated rings. The van der Waals surface area contributed by atoms with Gasteiger partial charge >= 0.3 is 5.97 Å². The van der Waals surface area contributed by atoms with Gasteiger partial charge < -0.3 is 10.2 Å². The van der Waals surface area contributed by atoms with Gasteiger partial charge in [-0.15, -0.1) is 0 Å². The standard InChI is InChI=1S/C22H30O4/c1-2-3-8-12-20-18(15-17-21(20)24)14-16-19(23)11-9-6-4-5-7-10-13-22(25)26/h3,5-9,14-20,23H,2,4,10-13H2,1H3,(H,25,26)/b7-5-,8-3-,9-6-,16-14+/t18-,19-,20-/m0/s1. The van der Waals surface area contributed by atoms with E-state index in [1.165, 1.54) is 0 Å². The molecule has 26 heavy (non-hydrogen) atoms. The molecular formula is C22H30O4. The van der Waals surface area contributed by atoms with Crippen molar-refractivity contribution in [2.75, 3.05) is 0 Å². The zero-order valence-corrected chi connectivity index (χ0v) is 15.5. The first-order valence-corrected chi connectivity index (χ1v) is 9.29. The number of rotatable bonds is 12. The first-order valence-electron chi connectivity index (χ1n) is 9.29. The van der Waals surface area contributed by atoms with Crippen molar-refractivity contribution in [3.63, 3.8) is 0 Å². The quantitative estimate of drug-likeness (QED) is 0.507. The molecule has 1 aliphatic carbocycles. The summed E-state index contributed by atoms with van der Waals surface area (Å²) in [4.78, 5) is 22.3. The van der Waals surface area contributed by atoms with Crippen LogP contribution in [0.1, 0.15) is 45.4 Å². The van der Waals surface area contributed by atoms with Crippen LogP contribution in [0, 0.1) is 11.8 Å². The van der Waals surface area contributed by atoms with Crippen LogP contribution in [0.4, 0.5) is 0 Å². The molecule has 1 rings (SSSR count). The number of aliphatic hydroxyl groups is 1. The molecule has 0 saturated carbocycles. The maximum absolute atomic E-state index is 11.9. The third-order valence-electron chi connectivity index (χ3n) is 4.17. The number of carbonyl (C=O) groups excluding carboxylic acids is 1. The minimum absolute atomic E-state index is 0.0484. The molecule has 4 nitrogen and oxygen atoms in total. The van der Waals surface area contributed by atoms with Crippen molar-refractivity contribution in [1.82, 2.24) is 0 Å². The van der Waals surface area contributed by atoms with E-state index >= 15 is 0 Å². The Balaban J connectivity index is 2.32. The molecule has 0 saturated heterocycles. The van der Waals surface area contributed by atoms with Crippen LogP contribution in [0.25, 0.3) is 0 Å². The topological polar surface area (TPSA) is 74.6 Å². The maximum atomic E-state index is 11.9. The maximum Gasteiger partial charge on any atom is 0.303 e. The van der Waals surface area contributed by atoms with Gasteiger partial charge in [-0.25, -0.2) is 0 Å². The fourth-order valence-electron chi connectivity index (χ4n) is 2.70. The lowest BCUT2D eigenvalue weighted by molar-refractivity contribution is -0.136. The molecular weight excluding hydrogens is 328 g/mol. The van der Waals surface area contributed by atoms with E-state index in [1.807, 2.05) is 36.5 Å². The van der Waals surface area contributed by atoms with Gasteiger partial charge in [-0.1, -0.05) is 61.6 Å². The number of allylic oxidation sites excluding steroid dienone is 8. The summed E-state index contributed by atoms with van der Waals surface area (Å²) >= 11 is 0. The predicted molar refractivity (Wildman–Crippen MR) is 105 cm³/mol. The number of carboxylic acid groups (broad SMARTS) is 1. The van der Waals surface area contributed by atoms with E-state index in [2.05, 4.69) is 19.1 Å². The number of aliphatic carboxylic acids is 1. The lowest BCUT2D eigenvalue weighted by atomic mass is 9.90. The second-order valence-corrected chi connectivity index (χ2v) is 6.36. The minimum atomic E-state index is -0.789. The van der Waals surface area contributed by atoms with Crippen molar-refractivity contribution in [1.29, 1.82) is 0 Å². The van der Waals surface area contributed by atoms with E-state index in [4.69, 9.17) is 5.11 Å². The van der Waals surface area contributed by atoms with Crippen molar-refractivity contribution in [2.24, 2.45) is 11.8 Å². The Morgan fingerprint density at radius 2 is 1.96 bits per heavy atom. The highest BCUT2D eigenvalue weighted by atomic mass is 16.4. The van der Waals surface area contributed by atoms with E-state index in [-0.39, 0.29) is 24.0 Å². The average molecular weight is 358 g/mol. The minimum Gasteiger partial charge on any atom is -0.481 e. The summed E-state index contributed by atoms with van der Waals surface area (Å²) in [5, 5.41) is 18.6. The van der Waals surface area contributed by atoms with Crippen molar-refractivity contribution in [2.45, 2.75) is 51.6 Å². The first-order chi connectivity index (χ1) is 12.5. The molecule has 0 unspecified atom stereocenters. The van der Waals surface area contributed by atoms with Crippen molar-refractivity contribution in [3.05, 3.63) is 60.8 Å². The lowest BCUT2D eigenvalue weighted by Gasteiger charge is -2.13. The van der Waals surface area contributed by atoms with Gasteiger partial charge in [0.2, 0.25) is 0 Å². The summed E-state index contributed by atoms with van der Waals surface area (Å²) in [5.41, 5.74) is 0. The summed E-state index contributed by atoms with van der Waals surface area (Å²) in [5.74, 6) is -0.625. The second-order valence-electron chi connectivity index (χ2n) is 6.36. The van der Waals surface area contributed by atoms with Crippen LogP contribution in [0.2, 0.25) is 0 Å². The van der Waals surface area contributed by atoms with Gasteiger partial charge in [0.1, 0.15) is 0 Å². The Labute approximate surface area is 156 Å². The third-order valence-corrected chi connectivity index (χ3v) is 4.17. The first kappa shape index (κ1) is 21.8. The van der Waals surface area contributed by atoms with E-state index < -0.39 is 12.1 Å². The zero-order chi connectivity index (χ0) is 19.2. The van der Waals surface area contributed by atoms with Gasteiger partial charge in [0, 0.05) is 18.3 Å². The summed E-state index contributed by atoms with van der Waals surface area (Å²) in [6, 6.07) is 0. The Morgan fingerprint density at radius 1 is 1.19 bits per heavy atom. The van der Waals surface area contributed by atoms with Gasteiger partial charge in [0.25, 0.3) is 0 Å². The fraction of sp³-hybridized carbons (Fsp3) is 0.455. The molecule has 1 aliphatic rings. The molecule has 4 heteroatoms. The molecule has 0 aliphatic heterocycles. The van der Waals surface area contributed by atoms with Crippen LogP contribution in [0.5, 0.6) is 0 Å². The number of hydrogen-bond donors (Lipinski definition) is 2. The largest absolute Gasteiger partial charge is 0.481 e. The van der Waals surface area contributed by atoms with E-state index in [1.54, 1.807) is 12.2 Å². The van der Waals surface area contributed by atoms with Gasteiger partial charge in [0.05, 0.1) is 6.10 Å². The van der Waals surface area contributed by atoms with Crippen LogP contribution in [-0.4, -0.2) is 28.1 Å². The van der Waals surface area contributed by atoms with Crippen LogP contribution in [-0.2, 0) is 9.59 Å². The normalized spacial score (nSPS) is 21.8. The van der Waals surface area contributed by atoms with Gasteiger partial charge in [-0.2, -0.15) is 0 Å². The summed E-state index contributed by atoms with van der Waals surface area (Å²) < 4.78 is 0. The molecule has 0 radical (unpaired) electrons. The Kier molecular flexibility index (Phi) is 11.0. The van der Waals surface area contributed by atoms with Crippen molar-refractivity contribution in [3.8, 4) is 0 Å². The van der Waals surface area contributed by atoms with Gasteiger partial charge in [0.15, 0.2) is 5.78 Å². The van der Waals surface area contributed by atoms with E-state index in [0.29, 0.717) is 12.8 Å². The number of carboxylic acids is 1. The Morgan fingerprint density at radius 3 is 2.69 bits per heavy atom. The number of ketones is 1. The molecule has 0 amide bonds. The third kappa shape index (κ3) is 9.33. The predicted octanol–water partition coefficient (Wildman–Crippen LogP) is 4.39. The SMILES string of the molecule is CC/C=C\C[C@@H]1C(=O)C=C[C@@H]1/C=C/[C@@H](O)C/C=C\C/C=C\CCC(=O)O. The molecule has 142 valence electrons. The highest BCUT2D eigenvalue weighted by molar-refractivity contribution is 5.95. The fourth-order valence-corrected chi connectivity index (χ4v) is 2.70. The molecule has 0 aromatic carbocycles. The molecule has 3 atom stereocenters. The molecule has 0 aromatic rings. The Hall–Kier alpha value is -2.20. The van der Waals surface area contributed by atoms with E-state index in [0.717, 1.165) is 19.3 Å². The van der Waals surface area contributed by atoms with Crippen LogP contribution in [0.3, 0.4) is 0 Å². The molecule has 2 N–H and O–H groups in total. The highest BCUT2D eigenvalue weighted by Gasteiger charge is 2.26. The summed E-state index contributed by atoms with van der Waals surface area (Å²) in [7, 11) is 0. The average Bonchev–Trinajstić information content (AvgIpc) is 2.95. The monoisotopic (exact) mass is 358 g/mol. The Bertz CT molecular complexity index is 581. The van der Waals surface area contributed by atoms with Gasteiger partial charge in [-0.3, -0.25) is 9.59 Å². The van der Waals surface area contributed by atoms with E-state index in [9.17, 15) is 14.7 Å². The summed E-state index contributed by atoms with van der Waals surface area (Å²) in [6.45, 7) is 2.07. The molecule has 0 spiro atoms. The molecule has 0 heterocycles. The number of aliphatic hydroxyl groups excluding tert-OH is 1. The van der Waals surface area contributed by atoms with Crippen LogP contribution < -0.4 is 0 Å². The number of carbonyl (C=O) groups is 2. The smallest absolute Gasteiger partial charge is 0.303 e. The van der Waals surface area contributed by atoms with Gasteiger partial charge in [-0.05, 0) is 38.2 Å². The summed E-state index contributed by atoms with van der Waals surface area (Å²) in [6.07, 6.45) is 22.1. The van der Waals surface area contributed by atoms with Crippen molar-refractivity contribution < 1.29 is 19.8 Å². The van der Waals surface area contributed by atoms with Crippen LogP contribution in [0.15, 0.2) is 60.8 Å². The van der Waals surface area contributed by atoms with Crippen molar-refractivity contribution >= 4 is 11.8 Å². The van der Waals surface area contributed by atoms with Crippen LogP contribution >= 0.6 is 0 Å². The molecule has 0 bridgehead atoms. The zero-order valence-electron chi connectivity index (χ0n) is 15.5. The second kappa shape index (κ2) is 13.1. The highest BCUT2D eigenvalue weighted by Crippen LogP contribution is 2.27.